The van der Waals surface area contributed by atoms with Gasteiger partial charge in [-0.15, -0.1) is 11.3 Å². The molecule has 10 heteroatoms. The zero-order valence-corrected chi connectivity index (χ0v) is 27.9. The molecule has 0 radical (unpaired) electrons. The molecule has 1 N–H and O–H groups in total. The Labute approximate surface area is 287 Å². The van der Waals surface area contributed by atoms with E-state index < -0.39 is 5.82 Å². The lowest BCUT2D eigenvalue weighted by Crippen LogP contribution is -2.59. The Morgan fingerprint density at radius 3 is 2.61 bits per heavy atom. The SMILES string of the molecule is Cc1cnc(N2CC3(CCOCC3)C2)c(C(=O)Nc2ccc(C(=O)N3CCc4cc(C5=CC(=O)CC=C5)sc4-c4ccc(F)cc43)cc2)c1. The fourth-order valence-corrected chi connectivity index (χ4v) is 8.51. The first-order valence-corrected chi connectivity index (χ1v) is 17.4. The van der Waals surface area contributed by atoms with Gasteiger partial charge in [0.25, 0.3) is 11.8 Å². The van der Waals surface area contributed by atoms with Crippen molar-refractivity contribution in [3.63, 3.8) is 0 Å². The van der Waals surface area contributed by atoms with Gasteiger partial charge in [-0.2, -0.15) is 0 Å². The highest BCUT2D eigenvalue weighted by Crippen LogP contribution is 2.45. The maximum atomic E-state index is 14.7. The van der Waals surface area contributed by atoms with E-state index >= 15 is 0 Å². The smallest absolute Gasteiger partial charge is 0.259 e. The Kier molecular flexibility index (Phi) is 8.00. The molecule has 0 unspecified atom stereocenters. The highest BCUT2D eigenvalue weighted by molar-refractivity contribution is 7.17. The summed E-state index contributed by atoms with van der Waals surface area (Å²) in [6, 6.07) is 15.3. The number of allylic oxidation sites excluding steroid dienone is 4. The number of carbonyl (C=O) groups excluding carboxylic acids is 3. The van der Waals surface area contributed by atoms with Crippen molar-refractivity contribution >= 4 is 51.7 Å². The number of aromatic nitrogens is 1. The third-order valence-electron chi connectivity index (χ3n) is 9.91. The molecular formula is C39H35FN4O4S. The van der Waals surface area contributed by atoms with Crippen LogP contribution in [0.15, 0.2) is 79.0 Å². The number of halogens is 1. The molecule has 5 heterocycles. The van der Waals surface area contributed by atoms with Crippen molar-refractivity contribution in [1.82, 2.24) is 4.98 Å². The van der Waals surface area contributed by atoms with Crippen LogP contribution in [0.5, 0.6) is 0 Å². The average Bonchev–Trinajstić information content (AvgIpc) is 3.46. The molecule has 2 aromatic heterocycles. The van der Waals surface area contributed by atoms with E-state index in [4.69, 9.17) is 4.74 Å². The first-order valence-electron chi connectivity index (χ1n) is 16.6. The van der Waals surface area contributed by atoms with Crippen molar-refractivity contribution in [3.05, 3.63) is 112 Å². The standard InChI is InChI=1S/C39H35FN4O4S/c1-24-17-32(36(41-21-24)43-22-39(23-43)12-15-48-16-13-39)37(46)42-29-8-5-25(6-9-29)38(47)44-14-11-27-19-34(26-3-2-4-30(45)18-26)49-35(27)31-10-7-28(40)20-33(31)44/h2-3,5-10,17-21H,4,11-16,22-23H2,1H3,(H,42,46). The van der Waals surface area contributed by atoms with Crippen molar-refractivity contribution in [3.8, 4) is 10.4 Å². The molecule has 0 atom stereocenters. The summed E-state index contributed by atoms with van der Waals surface area (Å²) >= 11 is 1.55. The van der Waals surface area contributed by atoms with Crippen LogP contribution in [0.25, 0.3) is 16.0 Å². The number of amides is 2. The summed E-state index contributed by atoms with van der Waals surface area (Å²) in [5.74, 6) is -0.194. The van der Waals surface area contributed by atoms with Crippen molar-refractivity contribution in [1.29, 1.82) is 0 Å². The Hall–Kier alpha value is -4.93. The maximum absolute atomic E-state index is 14.7. The van der Waals surface area contributed by atoms with E-state index in [0.29, 0.717) is 47.7 Å². The summed E-state index contributed by atoms with van der Waals surface area (Å²) in [5.41, 5.74) is 5.85. The first kappa shape index (κ1) is 31.3. The fraction of sp³-hybridized carbons (Fsp3) is 0.282. The van der Waals surface area contributed by atoms with Crippen LogP contribution in [0, 0.1) is 18.2 Å². The van der Waals surface area contributed by atoms with Crippen molar-refractivity contribution < 1.29 is 23.5 Å². The Morgan fingerprint density at radius 2 is 1.84 bits per heavy atom. The van der Waals surface area contributed by atoms with Gasteiger partial charge in [0.2, 0.25) is 0 Å². The lowest BCUT2D eigenvalue weighted by Gasteiger charge is -2.53. The van der Waals surface area contributed by atoms with Crippen LogP contribution in [0.4, 0.5) is 21.6 Å². The largest absolute Gasteiger partial charge is 0.381 e. The number of rotatable bonds is 5. The van der Waals surface area contributed by atoms with Gasteiger partial charge in [0.1, 0.15) is 11.6 Å². The topological polar surface area (TPSA) is 91.8 Å². The Balaban J connectivity index is 1.00. The molecule has 4 aromatic rings. The number of carbonyl (C=O) groups is 3. The van der Waals surface area contributed by atoms with Crippen molar-refractivity contribution in [2.24, 2.45) is 5.41 Å². The molecular weight excluding hydrogens is 640 g/mol. The number of fused-ring (bicyclic) bond motifs is 3. The molecule has 2 amide bonds. The lowest BCUT2D eigenvalue weighted by atomic mass is 9.73. The van der Waals surface area contributed by atoms with E-state index in [2.05, 4.69) is 21.3 Å². The number of hydrogen-bond donors (Lipinski definition) is 1. The van der Waals surface area contributed by atoms with Gasteiger partial charge >= 0.3 is 0 Å². The van der Waals surface area contributed by atoms with Gasteiger partial charge in [0.05, 0.1) is 11.3 Å². The van der Waals surface area contributed by atoms with Gasteiger partial charge in [-0.05, 0) is 104 Å². The van der Waals surface area contributed by atoms with Crippen LogP contribution in [-0.2, 0) is 16.0 Å². The Bertz CT molecular complexity index is 2050. The number of ketones is 1. The monoisotopic (exact) mass is 674 g/mol. The quantitative estimate of drug-likeness (QED) is 0.240. The molecule has 3 aliphatic heterocycles. The van der Waals surface area contributed by atoms with Crippen LogP contribution in [0.3, 0.4) is 0 Å². The number of ether oxygens (including phenoxy) is 1. The lowest BCUT2D eigenvalue weighted by molar-refractivity contribution is -0.113. The number of nitrogens with one attached hydrogen (secondary N) is 1. The summed E-state index contributed by atoms with van der Waals surface area (Å²) in [5, 5.41) is 2.99. The van der Waals surface area contributed by atoms with E-state index in [0.717, 1.165) is 71.2 Å². The minimum absolute atomic E-state index is 0.0677. The molecule has 1 spiro atoms. The van der Waals surface area contributed by atoms with E-state index in [1.54, 1.807) is 58.8 Å². The van der Waals surface area contributed by atoms with Gasteiger partial charge in [-0.1, -0.05) is 12.2 Å². The Morgan fingerprint density at radius 1 is 1.04 bits per heavy atom. The number of thiophene rings is 1. The predicted octanol–water partition coefficient (Wildman–Crippen LogP) is 7.24. The second kappa shape index (κ2) is 12.5. The molecule has 2 aromatic carbocycles. The van der Waals surface area contributed by atoms with Gasteiger partial charge in [-0.25, -0.2) is 9.37 Å². The maximum Gasteiger partial charge on any atom is 0.259 e. The van der Waals surface area contributed by atoms with E-state index in [-0.39, 0.29) is 23.0 Å². The summed E-state index contributed by atoms with van der Waals surface area (Å²) in [6.45, 7) is 5.55. The molecule has 4 aliphatic rings. The van der Waals surface area contributed by atoms with Gasteiger partial charge < -0.3 is 19.9 Å². The summed E-state index contributed by atoms with van der Waals surface area (Å²) in [6.07, 6.45) is 10.3. The molecule has 1 aliphatic carbocycles. The number of benzene rings is 2. The fourth-order valence-electron chi connectivity index (χ4n) is 7.27. The summed E-state index contributed by atoms with van der Waals surface area (Å²) in [7, 11) is 0. The van der Waals surface area contributed by atoms with Crippen LogP contribution in [0.1, 0.15) is 56.0 Å². The van der Waals surface area contributed by atoms with Crippen LogP contribution < -0.4 is 15.1 Å². The van der Waals surface area contributed by atoms with Gasteiger partial charge in [0.15, 0.2) is 5.78 Å². The zero-order chi connectivity index (χ0) is 33.7. The van der Waals surface area contributed by atoms with Crippen LogP contribution in [0.2, 0.25) is 0 Å². The highest BCUT2D eigenvalue weighted by atomic mass is 32.1. The number of nitrogens with zero attached hydrogens (tertiary/aromatic N) is 3. The average molecular weight is 675 g/mol. The molecule has 2 saturated heterocycles. The number of hydrogen-bond acceptors (Lipinski definition) is 7. The summed E-state index contributed by atoms with van der Waals surface area (Å²) < 4.78 is 20.2. The number of pyridine rings is 1. The number of aryl methyl sites for hydroxylation is 1. The minimum atomic E-state index is -0.426. The third kappa shape index (κ3) is 6.00. The first-order chi connectivity index (χ1) is 23.7. The second-order valence-electron chi connectivity index (χ2n) is 13.4. The molecule has 2 fully saturated rings. The highest BCUT2D eigenvalue weighted by Gasteiger charge is 2.45. The molecule has 0 saturated carbocycles. The minimum Gasteiger partial charge on any atom is -0.381 e. The zero-order valence-electron chi connectivity index (χ0n) is 27.1. The van der Waals surface area contributed by atoms with E-state index in [9.17, 15) is 18.8 Å². The molecule has 49 heavy (non-hydrogen) atoms. The summed E-state index contributed by atoms with van der Waals surface area (Å²) in [4.78, 5) is 50.0. The molecule has 8 rings (SSSR count). The third-order valence-corrected chi connectivity index (χ3v) is 11.2. The van der Waals surface area contributed by atoms with Crippen LogP contribution in [-0.4, -0.2) is 55.4 Å². The number of anilines is 3. The van der Waals surface area contributed by atoms with E-state index in [1.165, 1.54) is 12.1 Å². The predicted molar refractivity (Wildman–Crippen MR) is 190 cm³/mol. The van der Waals surface area contributed by atoms with Crippen molar-refractivity contribution in [2.45, 2.75) is 32.6 Å². The van der Waals surface area contributed by atoms with Crippen LogP contribution >= 0.6 is 11.3 Å². The molecule has 0 bridgehead atoms. The van der Waals surface area contributed by atoms with Crippen molar-refractivity contribution in [2.75, 3.05) is 48.0 Å². The normalized spacial score (nSPS) is 17.9. The molecule has 248 valence electrons. The van der Waals surface area contributed by atoms with Gasteiger partial charge in [0, 0.05) is 77.4 Å². The van der Waals surface area contributed by atoms with Gasteiger partial charge in [-0.3, -0.25) is 14.4 Å². The molecule has 8 nitrogen and oxygen atoms in total. The van der Waals surface area contributed by atoms with E-state index in [1.807, 2.05) is 25.1 Å². The second-order valence-corrected chi connectivity index (χ2v) is 14.4.